The number of hydrogen-bond donors (Lipinski definition) is 1. The third kappa shape index (κ3) is 3.13. The van der Waals surface area contributed by atoms with Gasteiger partial charge in [-0.15, -0.1) is 5.06 Å². The number of rotatable bonds is 5. The lowest BCUT2D eigenvalue weighted by Crippen LogP contribution is -2.33. The van der Waals surface area contributed by atoms with Crippen LogP contribution in [0.3, 0.4) is 0 Å². The second kappa shape index (κ2) is 6.65. The maximum absolute atomic E-state index is 5.98. The molecule has 4 nitrogen and oxygen atoms in total. The van der Waals surface area contributed by atoms with Crippen molar-refractivity contribution in [3.8, 4) is 0 Å². The number of nitrogens with two attached hydrogens (primary N) is 1. The monoisotopic (exact) mass is 334 g/mol. The topological polar surface area (TPSA) is 51.6 Å². The number of aryl methyl sites for hydroxylation is 1. The van der Waals surface area contributed by atoms with Gasteiger partial charge in [-0.1, -0.05) is 48.5 Å². The predicted molar refractivity (Wildman–Crippen MR) is 98.4 cm³/mol. The molecule has 0 saturated carbocycles. The van der Waals surface area contributed by atoms with Crippen molar-refractivity contribution in [2.24, 2.45) is 5.73 Å². The second-order valence-corrected chi connectivity index (χ2v) is 6.53. The Bertz CT molecular complexity index is 885. The molecule has 128 valence electrons. The van der Waals surface area contributed by atoms with Crippen LogP contribution in [-0.2, 0) is 11.3 Å². The summed E-state index contributed by atoms with van der Waals surface area (Å²) in [5.41, 5.74) is 9.28. The van der Waals surface area contributed by atoms with E-state index in [9.17, 15) is 0 Å². The molecule has 0 aliphatic carbocycles. The molecule has 2 aromatic carbocycles. The van der Waals surface area contributed by atoms with Crippen LogP contribution in [0, 0.1) is 0 Å². The standard InChI is InChI=1S/C21H22N2O2/c1-15(11-12-16-7-3-2-4-8-16)23-19(13-21(22)25-23)18-14-24-20-10-6-5-9-17(18)20/h2-10,13-15,19H,11-12,22H2,1H3. The van der Waals surface area contributed by atoms with Crippen LogP contribution in [0.1, 0.15) is 30.5 Å². The Labute approximate surface area is 147 Å². The zero-order chi connectivity index (χ0) is 17.2. The minimum Gasteiger partial charge on any atom is -0.464 e. The average Bonchev–Trinajstić information content (AvgIpc) is 3.24. The molecule has 25 heavy (non-hydrogen) atoms. The van der Waals surface area contributed by atoms with Crippen molar-refractivity contribution in [1.29, 1.82) is 0 Å². The molecule has 4 heteroatoms. The van der Waals surface area contributed by atoms with Gasteiger partial charge < -0.3 is 15.0 Å². The molecule has 1 aromatic heterocycles. The summed E-state index contributed by atoms with van der Waals surface area (Å²) in [4.78, 5) is 5.83. The Kier molecular flexibility index (Phi) is 4.20. The number of furan rings is 1. The lowest BCUT2D eigenvalue weighted by Gasteiger charge is -2.28. The Morgan fingerprint density at radius 2 is 1.84 bits per heavy atom. The lowest BCUT2D eigenvalue weighted by atomic mass is 10.0. The summed E-state index contributed by atoms with van der Waals surface area (Å²) in [5, 5.41) is 3.08. The van der Waals surface area contributed by atoms with E-state index in [0.29, 0.717) is 5.88 Å². The highest BCUT2D eigenvalue weighted by atomic mass is 16.7. The van der Waals surface area contributed by atoms with E-state index in [-0.39, 0.29) is 12.1 Å². The molecule has 2 unspecified atom stereocenters. The van der Waals surface area contributed by atoms with Crippen LogP contribution in [0.5, 0.6) is 0 Å². The second-order valence-electron chi connectivity index (χ2n) is 6.53. The van der Waals surface area contributed by atoms with Crippen LogP contribution < -0.4 is 5.73 Å². The molecular formula is C21H22N2O2. The Hall–Kier alpha value is -2.72. The first-order valence-corrected chi connectivity index (χ1v) is 8.66. The van der Waals surface area contributed by atoms with E-state index >= 15 is 0 Å². The van der Waals surface area contributed by atoms with Crippen molar-refractivity contribution in [1.82, 2.24) is 5.06 Å². The minimum absolute atomic E-state index is 0.0329. The molecule has 0 saturated heterocycles. The van der Waals surface area contributed by atoms with E-state index in [0.717, 1.165) is 29.4 Å². The van der Waals surface area contributed by atoms with Crippen LogP contribution in [0.2, 0.25) is 0 Å². The van der Waals surface area contributed by atoms with Gasteiger partial charge in [0.25, 0.3) is 0 Å². The van der Waals surface area contributed by atoms with Gasteiger partial charge in [0.15, 0.2) is 0 Å². The van der Waals surface area contributed by atoms with Gasteiger partial charge in [0, 0.05) is 23.1 Å². The van der Waals surface area contributed by atoms with Gasteiger partial charge in [0.2, 0.25) is 5.88 Å². The zero-order valence-electron chi connectivity index (χ0n) is 14.3. The van der Waals surface area contributed by atoms with Crippen LogP contribution in [-0.4, -0.2) is 11.1 Å². The van der Waals surface area contributed by atoms with Crippen molar-refractivity contribution in [3.05, 3.63) is 83.9 Å². The third-order valence-electron chi connectivity index (χ3n) is 4.76. The molecule has 2 heterocycles. The molecular weight excluding hydrogens is 312 g/mol. The molecule has 0 amide bonds. The molecule has 3 aromatic rings. The van der Waals surface area contributed by atoms with Crippen molar-refractivity contribution in [3.63, 3.8) is 0 Å². The van der Waals surface area contributed by atoms with E-state index in [4.69, 9.17) is 15.0 Å². The Morgan fingerprint density at radius 1 is 1.08 bits per heavy atom. The van der Waals surface area contributed by atoms with E-state index < -0.39 is 0 Å². The molecule has 1 aliphatic rings. The third-order valence-corrected chi connectivity index (χ3v) is 4.76. The zero-order valence-corrected chi connectivity index (χ0v) is 14.3. The fraction of sp³-hybridized carbons (Fsp3) is 0.238. The van der Waals surface area contributed by atoms with Crippen LogP contribution in [0.25, 0.3) is 11.0 Å². The van der Waals surface area contributed by atoms with Gasteiger partial charge in [0.1, 0.15) is 5.58 Å². The van der Waals surface area contributed by atoms with Gasteiger partial charge >= 0.3 is 0 Å². The summed E-state index contributed by atoms with van der Waals surface area (Å²) in [5.74, 6) is 0.446. The molecule has 0 spiro atoms. The van der Waals surface area contributed by atoms with E-state index in [2.05, 4.69) is 37.3 Å². The molecule has 4 rings (SSSR count). The van der Waals surface area contributed by atoms with E-state index in [1.54, 1.807) is 0 Å². The van der Waals surface area contributed by atoms with Gasteiger partial charge in [-0.25, -0.2) is 0 Å². The summed E-state index contributed by atoms with van der Waals surface area (Å²) in [7, 11) is 0. The summed E-state index contributed by atoms with van der Waals surface area (Å²) >= 11 is 0. The minimum atomic E-state index is -0.0329. The number of hydroxylamine groups is 2. The van der Waals surface area contributed by atoms with Gasteiger partial charge in [0.05, 0.1) is 12.3 Å². The predicted octanol–water partition coefficient (Wildman–Crippen LogP) is 4.54. The van der Waals surface area contributed by atoms with Crippen molar-refractivity contribution in [2.75, 3.05) is 0 Å². The van der Waals surface area contributed by atoms with Gasteiger partial charge in [-0.05, 0) is 31.4 Å². The maximum Gasteiger partial charge on any atom is 0.207 e. The molecule has 0 fully saturated rings. The first-order chi connectivity index (χ1) is 12.2. The summed E-state index contributed by atoms with van der Waals surface area (Å²) in [6.07, 6.45) is 5.75. The molecule has 0 radical (unpaired) electrons. The molecule has 2 N–H and O–H groups in total. The van der Waals surface area contributed by atoms with Crippen LogP contribution in [0.15, 0.2) is 77.2 Å². The quantitative estimate of drug-likeness (QED) is 0.744. The maximum atomic E-state index is 5.98. The average molecular weight is 334 g/mol. The lowest BCUT2D eigenvalue weighted by molar-refractivity contribution is -0.149. The van der Waals surface area contributed by atoms with E-state index in [1.165, 1.54) is 5.56 Å². The van der Waals surface area contributed by atoms with Gasteiger partial charge in [-0.3, -0.25) is 0 Å². The Balaban J connectivity index is 1.54. The first kappa shape index (κ1) is 15.8. The largest absolute Gasteiger partial charge is 0.464 e. The number of hydrogen-bond acceptors (Lipinski definition) is 4. The number of fused-ring (bicyclic) bond motifs is 1. The van der Waals surface area contributed by atoms with E-state index in [1.807, 2.05) is 41.7 Å². The highest BCUT2D eigenvalue weighted by Crippen LogP contribution is 2.37. The van der Waals surface area contributed by atoms with Crippen molar-refractivity contribution < 1.29 is 9.25 Å². The fourth-order valence-corrected chi connectivity index (χ4v) is 3.40. The fourth-order valence-electron chi connectivity index (χ4n) is 3.40. The first-order valence-electron chi connectivity index (χ1n) is 8.66. The van der Waals surface area contributed by atoms with Crippen molar-refractivity contribution >= 4 is 11.0 Å². The smallest absolute Gasteiger partial charge is 0.207 e. The number of para-hydroxylation sites is 1. The summed E-state index contributed by atoms with van der Waals surface area (Å²) in [6.45, 7) is 2.17. The molecule has 0 bridgehead atoms. The van der Waals surface area contributed by atoms with Crippen LogP contribution in [0.4, 0.5) is 0 Å². The molecule has 1 aliphatic heterocycles. The van der Waals surface area contributed by atoms with Gasteiger partial charge in [-0.2, -0.15) is 0 Å². The molecule has 2 atom stereocenters. The summed E-state index contributed by atoms with van der Waals surface area (Å²) in [6, 6.07) is 18.7. The highest BCUT2D eigenvalue weighted by Gasteiger charge is 2.33. The number of benzene rings is 2. The van der Waals surface area contributed by atoms with Crippen LogP contribution >= 0.6 is 0 Å². The summed E-state index contributed by atoms with van der Waals surface area (Å²) < 4.78 is 5.70. The highest BCUT2D eigenvalue weighted by molar-refractivity contribution is 5.81. The normalized spacial score (nSPS) is 18.9. The SMILES string of the molecule is CC(CCc1ccccc1)N1OC(N)=CC1c1coc2ccccc12. The Morgan fingerprint density at radius 3 is 2.68 bits per heavy atom. The van der Waals surface area contributed by atoms with Crippen molar-refractivity contribution in [2.45, 2.75) is 31.8 Å². The number of nitrogens with zero attached hydrogens (tertiary/aromatic N) is 1.